The SMILES string of the molecule is C[C@@H]1N[C@@]2(C(=O)Nc3ccccc32)[C@@H]2C(=O)N(c3cccc([NH+]([O-])O)c3)C(=O)[C@H]12. The van der Waals surface area contributed by atoms with Crippen molar-refractivity contribution in [1.29, 1.82) is 0 Å². The minimum atomic E-state index is -1.33. The van der Waals surface area contributed by atoms with Gasteiger partial charge in [0, 0.05) is 29.4 Å². The van der Waals surface area contributed by atoms with E-state index in [1.165, 1.54) is 24.3 Å². The Kier molecular flexibility index (Phi) is 3.68. The summed E-state index contributed by atoms with van der Waals surface area (Å²) in [6.45, 7) is 1.78. The Bertz CT molecular complexity index is 1070. The highest BCUT2D eigenvalue weighted by molar-refractivity contribution is 6.25. The van der Waals surface area contributed by atoms with Crippen molar-refractivity contribution in [3.05, 3.63) is 59.3 Å². The molecule has 0 aliphatic carbocycles. The summed E-state index contributed by atoms with van der Waals surface area (Å²) in [5.41, 5.74) is 0.108. The summed E-state index contributed by atoms with van der Waals surface area (Å²) in [5.74, 6) is -2.95. The van der Waals surface area contributed by atoms with E-state index in [1.54, 1.807) is 31.2 Å². The van der Waals surface area contributed by atoms with Crippen LogP contribution in [0.4, 0.5) is 17.1 Å². The summed E-state index contributed by atoms with van der Waals surface area (Å²) in [6, 6.07) is 12.4. The monoisotopic (exact) mass is 394 g/mol. The predicted octanol–water partition coefficient (Wildman–Crippen LogP) is 0.0349. The number of hydrogen-bond donors (Lipinski definition) is 4. The molecule has 29 heavy (non-hydrogen) atoms. The van der Waals surface area contributed by atoms with Crippen LogP contribution in [0.15, 0.2) is 48.5 Å². The quantitative estimate of drug-likeness (QED) is 0.421. The molecule has 0 saturated carbocycles. The maximum Gasteiger partial charge on any atom is 0.250 e. The summed E-state index contributed by atoms with van der Waals surface area (Å²) in [4.78, 5) is 40.8. The molecule has 148 valence electrons. The second-order valence-electron chi connectivity index (χ2n) is 7.61. The molecule has 2 saturated heterocycles. The lowest BCUT2D eigenvalue weighted by atomic mass is 9.76. The van der Waals surface area contributed by atoms with Gasteiger partial charge in [0.15, 0.2) is 5.69 Å². The number of amides is 3. The molecule has 3 heterocycles. The standard InChI is InChI=1S/C20H18N4O5/c1-10-15-16(20(22-10)13-7-2-3-8-14(13)21-19(20)27)18(26)23(17(15)25)11-5-4-6-12(9-11)24(28)29/h2-10,15-16,22,24,28H,1H3,(H,21,27)/t10-,15+,16-,20+/m0/s1. The molecule has 3 aliphatic heterocycles. The fraction of sp³-hybridized carbons (Fsp3) is 0.250. The number of rotatable bonds is 2. The Labute approximate surface area is 165 Å². The van der Waals surface area contributed by atoms with E-state index in [1.807, 2.05) is 0 Å². The van der Waals surface area contributed by atoms with E-state index in [-0.39, 0.29) is 17.3 Å². The molecule has 1 spiro atoms. The molecule has 9 nitrogen and oxygen atoms in total. The number of nitrogens with one attached hydrogen (secondary N) is 3. The van der Waals surface area contributed by atoms with Crippen LogP contribution in [-0.4, -0.2) is 29.0 Å². The first-order chi connectivity index (χ1) is 13.9. The maximum atomic E-state index is 13.5. The third kappa shape index (κ3) is 2.21. The third-order valence-corrected chi connectivity index (χ3v) is 6.12. The molecule has 2 aromatic rings. The fourth-order valence-electron chi connectivity index (χ4n) is 4.95. The van der Waals surface area contributed by atoms with E-state index in [9.17, 15) is 24.8 Å². The average Bonchev–Trinajstić information content (AvgIpc) is 3.26. The van der Waals surface area contributed by atoms with Gasteiger partial charge in [-0.05, 0) is 19.1 Å². The van der Waals surface area contributed by atoms with E-state index in [4.69, 9.17) is 0 Å². The number of anilines is 2. The summed E-state index contributed by atoms with van der Waals surface area (Å²) in [6.07, 6.45) is 0. The molecule has 3 amide bonds. The van der Waals surface area contributed by atoms with Crippen LogP contribution in [0.2, 0.25) is 0 Å². The summed E-state index contributed by atoms with van der Waals surface area (Å²) >= 11 is 0. The lowest BCUT2D eigenvalue weighted by Crippen LogP contribution is -2.99. The molecule has 0 aromatic heterocycles. The number of para-hydroxylation sites is 1. The largest absolute Gasteiger partial charge is 0.595 e. The summed E-state index contributed by atoms with van der Waals surface area (Å²) in [7, 11) is 0. The van der Waals surface area contributed by atoms with Crippen LogP contribution in [-0.2, 0) is 19.9 Å². The van der Waals surface area contributed by atoms with E-state index >= 15 is 0 Å². The van der Waals surface area contributed by atoms with Crippen molar-refractivity contribution in [2.24, 2.45) is 11.8 Å². The van der Waals surface area contributed by atoms with Gasteiger partial charge < -0.3 is 10.5 Å². The van der Waals surface area contributed by atoms with Crippen LogP contribution in [0.25, 0.3) is 0 Å². The fourth-order valence-corrected chi connectivity index (χ4v) is 4.95. The van der Waals surface area contributed by atoms with Crippen LogP contribution >= 0.6 is 0 Å². The highest BCUT2D eigenvalue weighted by Gasteiger charge is 2.69. The summed E-state index contributed by atoms with van der Waals surface area (Å²) in [5, 5.41) is 25.4. The van der Waals surface area contributed by atoms with Gasteiger partial charge in [0.2, 0.25) is 17.7 Å². The number of imide groups is 1. The van der Waals surface area contributed by atoms with Gasteiger partial charge in [0.05, 0.1) is 17.5 Å². The van der Waals surface area contributed by atoms with Gasteiger partial charge in [-0.2, -0.15) is 5.23 Å². The van der Waals surface area contributed by atoms with E-state index in [0.717, 1.165) is 4.90 Å². The molecule has 4 N–H and O–H groups in total. The normalized spacial score (nSPS) is 31.2. The molecular formula is C20H18N4O5. The first-order valence-corrected chi connectivity index (χ1v) is 9.26. The highest BCUT2D eigenvalue weighted by Crippen LogP contribution is 2.53. The minimum absolute atomic E-state index is 0.0231. The van der Waals surface area contributed by atoms with Crippen molar-refractivity contribution >= 4 is 34.8 Å². The predicted molar refractivity (Wildman–Crippen MR) is 101 cm³/mol. The Morgan fingerprint density at radius 1 is 1.10 bits per heavy atom. The van der Waals surface area contributed by atoms with Crippen molar-refractivity contribution in [2.45, 2.75) is 18.5 Å². The molecular weight excluding hydrogens is 376 g/mol. The van der Waals surface area contributed by atoms with Gasteiger partial charge in [0.25, 0.3) is 0 Å². The van der Waals surface area contributed by atoms with Crippen molar-refractivity contribution in [3.8, 4) is 0 Å². The Morgan fingerprint density at radius 2 is 1.86 bits per heavy atom. The molecule has 3 aliphatic rings. The Morgan fingerprint density at radius 3 is 2.62 bits per heavy atom. The van der Waals surface area contributed by atoms with Gasteiger partial charge in [-0.15, -0.1) is 0 Å². The third-order valence-electron chi connectivity index (χ3n) is 6.12. The molecule has 0 radical (unpaired) electrons. The minimum Gasteiger partial charge on any atom is -0.595 e. The highest BCUT2D eigenvalue weighted by atomic mass is 16.8. The number of benzene rings is 2. The van der Waals surface area contributed by atoms with Crippen molar-refractivity contribution in [1.82, 2.24) is 5.32 Å². The van der Waals surface area contributed by atoms with Gasteiger partial charge >= 0.3 is 0 Å². The van der Waals surface area contributed by atoms with E-state index < -0.39 is 40.5 Å². The van der Waals surface area contributed by atoms with Crippen LogP contribution in [0.5, 0.6) is 0 Å². The van der Waals surface area contributed by atoms with Gasteiger partial charge in [-0.3, -0.25) is 19.7 Å². The topological polar surface area (TPSA) is 126 Å². The van der Waals surface area contributed by atoms with E-state index in [2.05, 4.69) is 10.6 Å². The lowest BCUT2D eigenvalue weighted by molar-refractivity contribution is -0.991. The van der Waals surface area contributed by atoms with Gasteiger partial charge in [-0.25, -0.2) is 10.1 Å². The maximum absolute atomic E-state index is 13.5. The molecule has 2 fully saturated rings. The zero-order chi connectivity index (χ0) is 20.5. The van der Waals surface area contributed by atoms with Crippen LogP contribution in [0.3, 0.4) is 0 Å². The molecule has 9 heteroatoms. The first kappa shape index (κ1) is 18.0. The Balaban J connectivity index is 1.64. The number of carbonyl (C=O) groups excluding carboxylic acids is 3. The van der Waals surface area contributed by atoms with Crippen LogP contribution in [0.1, 0.15) is 12.5 Å². The Hall–Kier alpha value is -3.11. The van der Waals surface area contributed by atoms with Gasteiger partial charge in [-0.1, -0.05) is 24.3 Å². The lowest BCUT2D eigenvalue weighted by Gasteiger charge is -2.29. The summed E-state index contributed by atoms with van der Waals surface area (Å²) < 4.78 is 0. The second kappa shape index (κ2) is 5.94. The number of carbonyl (C=O) groups is 3. The number of nitrogens with zero attached hydrogens (tertiary/aromatic N) is 1. The average molecular weight is 394 g/mol. The van der Waals surface area contributed by atoms with Crippen molar-refractivity contribution in [2.75, 3.05) is 10.2 Å². The first-order valence-electron chi connectivity index (χ1n) is 9.26. The molecule has 5 atom stereocenters. The number of quaternary nitrogens is 1. The van der Waals surface area contributed by atoms with E-state index in [0.29, 0.717) is 11.3 Å². The zero-order valence-electron chi connectivity index (χ0n) is 15.4. The number of fused-ring (bicyclic) bond motifs is 4. The van der Waals surface area contributed by atoms with Crippen LogP contribution < -0.4 is 20.8 Å². The van der Waals surface area contributed by atoms with Crippen molar-refractivity contribution in [3.63, 3.8) is 0 Å². The second-order valence-corrected chi connectivity index (χ2v) is 7.61. The molecule has 5 rings (SSSR count). The molecule has 1 unspecified atom stereocenters. The molecule has 2 aromatic carbocycles. The zero-order valence-corrected chi connectivity index (χ0v) is 15.4. The van der Waals surface area contributed by atoms with Crippen molar-refractivity contribution < 1.29 is 24.8 Å². The van der Waals surface area contributed by atoms with Crippen LogP contribution in [0, 0.1) is 17.0 Å². The van der Waals surface area contributed by atoms with Gasteiger partial charge in [0.1, 0.15) is 5.54 Å². The smallest absolute Gasteiger partial charge is 0.250 e. The molecule has 0 bridgehead atoms. The number of hydrogen-bond acceptors (Lipinski definition) is 6.